The molecule has 80 valence electrons. The molecular formula is C14H18O. The predicted octanol–water partition coefficient (Wildman–Crippen LogP) is 3.28. The van der Waals surface area contributed by atoms with Crippen LogP contribution < -0.4 is 0 Å². The van der Waals surface area contributed by atoms with Gasteiger partial charge in [-0.3, -0.25) is 0 Å². The van der Waals surface area contributed by atoms with E-state index in [2.05, 4.69) is 12.7 Å². The maximum absolute atomic E-state index is 5.68. The molecule has 1 unspecified atom stereocenters. The smallest absolute Gasteiger partial charge is 0.120 e. The van der Waals surface area contributed by atoms with E-state index in [4.69, 9.17) is 4.74 Å². The van der Waals surface area contributed by atoms with Gasteiger partial charge in [0.2, 0.25) is 0 Å². The van der Waals surface area contributed by atoms with Crippen LogP contribution in [0, 0.1) is 23.2 Å². The van der Waals surface area contributed by atoms with E-state index in [1.807, 2.05) is 0 Å². The van der Waals surface area contributed by atoms with E-state index < -0.39 is 0 Å². The molecule has 0 bridgehead atoms. The van der Waals surface area contributed by atoms with Crippen molar-refractivity contribution in [2.45, 2.75) is 38.2 Å². The second kappa shape index (κ2) is 2.50. The molecule has 1 nitrogen and oxygen atoms in total. The van der Waals surface area contributed by atoms with E-state index in [1.165, 1.54) is 32.1 Å². The minimum Gasteiger partial charge on any atom is -0.494 e. The fraction of sp³-hybridized carbons (Fsp3) is 0.714. The van der Waals surface area contributed by atoms with Crippen LogP contribution in [-0.4, -0.2) is 6.10 Å². The SMILES string of the molecule is C=CO[C@H]1C=C2CC[C@H]3CC[C@@H]4C[C@@H]1C234. The molecule has 15 heavy (non-hydrogen) atoms. The maximum Gasteiger partial charge on any atom is 0.120 e. The van der Waals surface area contributed by atoms with Crippen LogP contribution in [0.3, 0.4) is 0 Å². The van der Waals surface area contributed by atoms with Gasteiger partial charge in [-0.25, -0.2) is 0 Å². The Balaban J connectivity index is 1.77. The van der Waals surface area contributed by atoms with Gasteiger partial charge in [-0.2, -0.15) is 0 Å². The number of rotatable bonds is 2. The summed E-state index contributed by atoms with van der Waals surface area (Å²) < 4.78 is 5.68. The molecule has 1 spiro atoms. The third-order valence-corrected chi connectivity index (χ3v) is 5.70. The quantitative estimate of drug-likeness (QED) is 0.493. The highest BCUT2D eigenvalue weighted by Crippen LogP contribution is 2.75. The lowest BCUT2D eigenvalue weighted by Gasteiger charge is -2.52. The average Bonchev–Trinajstić information content (AvgIpc) is 2.74. The van der Waals surface area contributed by atoms with Gasteiger partial charge >= 0.3 is 0 Å². The molecule has 0 heterocycles. The van der Waals surface area contributed by atoms with Crippen molar-refractivity contribution in [2.24, 2.45) is 23.2 Å². The van der Waals surface area contributed by atoms with Gasteiger partial charge in [-0.15, -0.1) is 0 Å². The normalized spacial score (nSPS) is 54.3. The number of hydrogen-bond acceptors (Lipinski definition) is 1. The van der Waals surface area contributed by atoms with E-state index in [-0.39, 0.29) is 0 Å². The molecule has 1 heteroatoms. The first-order valence-electron chi connectivity index (χ1n) is 6.35. The van der Waals surface area contributed by atoms with E-state index in [9.17, 15) is 0 Å². The van der Waals surface area contributed by atoms with E-state index in [1.54, 1.807) is 11.8 Å². The van der Waals surface area contributed by atoms with Crippen molar-refractivity contribution in [3.8, 4) is 0 Å². The molecule has 0 amide bonds. The molecule has 3 fully saturated rings. The molecule has 0 saturated heterocycles. The van der Waals surface area contributed by atoms with Gasteiger partial charge in [0, 0.05) is 11.3 Å². The van der Waals surface area contributed by atoms with Crippen LogP contribution in [0.4, 0.5) is 0 Å². The van der Waals surface area contributed by atoms with Crippen molar-refractivity contribution in [1.82, 2.24) is 0 Å². The zero-order valence-electron chi connectivity index (χ0n) is 9.11. The van der Waals surface area contributed by atoms with Crippen LogP contribution in [0.1, 0.15) is 32.1 Å². The van der Waals surface area contributed by atoms with Gasteiger partial charge in [0.1, 0.15) is 6.10 Å². The Morgan fingerprint density at radius 1 is 1.33 bits per heavy atom. The van der Waals surface area contributed by atoms with Crippen molar-refractivity contribution in [2.75, 3.05) is 0 Å². The first-order valence-corrected chi connectivity index (χ1v) is 6.35. The zero-order valence-corrected chi connectivity index (χ0v) is 9.11. The molecule has 4 aliphatic carbocycles. The topological polar surface area (TPSA) is 9.23 Å². The van der Waals surface area contributed by atoms with Crippen LogP contribution in [-0.2, 0) is 4.74 Å². The molecule has 0 aromatic rings. The van der Waals surface area contributed by atoms with Crippen molar-refractivity contribution >= 4 is 0 Å². The Bertz CT molecular complexity index is 356. The molecular weight excluding hydrogens is 184 g/mol. The van der Waals surface area contributed by atoms with Crippen molar-refractivity contribution in [3.63, 3.8) is 0 Å². The second-order valence-electron chi connectivity index (χ2n) is 5.74. The van der Waals surface area contributed by atoms with Gasteiger partial charge in [-0.05, 0) is 50.0 Å². The van der Waals surface area contributed by atoms with Gasteiger partial charge in [-0.1, -0.05) is 12.2 Å². The highest BCUT2D eigenvalue weighted by Gasteiger charge is 2.70. The number of hydrogen-bond donors (Lipinski definition) is 0. The van der Waals surface area contributed by atoms with E-state index in [0.29, 0.717) is 11.5 Å². The van der Waals surface area contributed by atoms with Gasteiger partial charge in [0.25, 0.3) is 0 Å². The number of allylic oxidation sites excluding steroid dienone is 1. The standard InChI is InChI=1S/C14H18O/c1-2-15-13-8-11-6-4-9-3-5-10-7-12(13)14(9,10)11/h2,8-10,12-13H,1,3-7H2/t9-,10-,12+,13+,14?/m1/s1. The van der Waals surface area contributed by atoms with Crippen LogP contribution in [0.5, 0.6) is 0 Å². The lowest BCUT2D eigenvalue weighted by Crippen LogP contribution is -2.49. The first-order chi connectivity index (χ1) is 7.37. The summed E-state index contributed by atoms with van der Waals surface area (Å²) >= 11 is 0. The van der Waals surface area contributed by atoms with Crippen LogP contribution in [0.25, 0.3) is 0 Å². The summed E-state index contributed by atoms with van der Waals surface area (Å²) in [6.07, 6.45) is 11.6. The molecule has 0 radical (unpaired) electrons. The minimum absolute atomic E-state index is 0.370. The Hall–Kier alpha value is -0.720. The van der Waals surface area contributed by atoms with Crippen molar-refractivity contribution in [3.05, 3.63) is 24.5 Å². The predicted molar refractivity (Wildman–Crippen MR) is 59.1 cm³/mol. The fourth-order valence-electron chi connectivity index (χ4n) is 5.36. The van der Waals surface area contributed by atoms with Crippen molar-refractivity contribution in [1.29, 1.82) is 0 Å². The Labute approximate surface area is 91.2 Å². The summed E-state index contributed by atoms with van der Waals surface area (Å²) in [6, 6.07) is 0. The van der Waals surface area contributed by atoms with Crippen LogP contribution in [0.2, 0.25) is 0 Å². The Kier molecular flexibility index (Phi) is 1.41. The monoisotopic (exact) mass is 202 g/mol. The summed E-state index contributed by atoms with van der Waals surface area (Å²) in [4.78, 5) is 0. The first kappa shape index (κ1) is 8.43. The number of ether oxygens (including phenoxy) is 1. The Morgan fingerprint density at radius 3 is 3.07 bits per heavy atom. The molecule has 3 saturated carbocycles. The third-order valence-electron chi connectivity index (χ3n) is 5.70. The lowest BCUT2D eigenvalue weighted by molar-refractivity contribution is -0.0565. The second-order valence-corrected chi connectivity index (χ2v) is 5.74. The molecule has 0 aromatic heterocycles. The van der Waals surface area contributed by atoms with Gasteiger partial charge in [0.05, 0.1) is 6.26 Å². The lowest BCUT2D eigenvalue weighted by atomic mass is 9.52. The van der Waals surface area contributed by atoms with Crippen LogP contribution in [0.15, 0.2) is 24.5 Å². The summed E-state index contributed by atoms with van der Waals surface area (Å²) in [5.41, 5.74) is 2.39. The van der Waals surface area contributed by atoms with Gasteiger partial charge in [0.15, 0.2) is 0 Å². The minimum atomic E-state index is 0.370. The molecule has 0 N–H and O–H groups in total. The maximum atomic E-state index is 5.68. The molecule has 0 aliphatic heterocycles. The highest BCUT2D eigenvalue weighted by molar-refractivity contribution is 5.39. The average molecular weight is 202 g/mol. The molecule has 4 aliphatic rings. The fourth-order valence-corrected chi connectivity index (χ4v) is 5.36. The van der Waals surface area contributed by atoms with Crippen LogP contribution >= 0.6 is 0 Å². The summed E-state index contributed by atoms with van der Waals surface area (Å²) in [6.45, 7) is 3.70. The Morgan fingerprint density at radius 2 is 2.20 bits per heavy atom. The third kappa shape index (κ3) is 0.725. The largest absolute Gasteiger partial charge is 0.494 e. The zero-order chi connectivity index (χ0) is 10.0. The van der Waals surface area contributed by atoms with E-state index >= 15 is 0 Å². The summed E-state index contributed by atoms with van der Waals surface area (Å²) in [5, 5.41) is 0. The molecule has 5 atom stereocenters. The highest BCUT2D eigenvalue weighted by atomic mass is 16.5. The van der Waals surface area contributed by atoms with Crippen molar-refractivity contribution < 1.29 is 4.74 Å². The summed E-state index contributed by atoms with van der Waals surface area (Å²) in [5.74, 6) is 2.83. The van der Waals surface area contributed by atoms with E-state index in [0.717, 1.165) is 17.8 Å². The molecule has 4 rings (SSSR count). The summed E-state index contributed by atoms with van der Waals surface area (Å²) in [7, 11) is 0. The molecule has 0 aromatic carbocycles. The van der Waals surface area contributed by atoms with Gasteiger partial charge < -0.3 is 4.74 Å².